The Morgan fingerprint density at radius 3 is 2.06 bits per heavy atom. The Morgan fingerprint density at radius 2 is 1.62 bits per heavy atom. The molecule has 0 aromatic heterocycles. The Labute approximate surface area is 102 Å². The van der Waals surface area contributed by atoms with E-state index in [9.17, 15) is 0 Å². The van der Waals surface area contributed by atoms with Crippen LogP contribution < -0.4 is 5.73 Å². The summed E-state index contributed by atoms with van der Waals surface area (Å²) >= 11 is 0. The third kappa shape index (κ3) is 3.74. The van der Waals surface area contributed by atoms with E-state index in [1.165, 1.54) is 38.6 Å². The molecule has 2 nitrogen and oxygen atoms in total. The Balaban J connectivity index is 2.33. The molecule has 2 heteroatoms. The summed E-state index contributed by atoms with van der Waals surface area (Å²) < 4.78 is 0. The first-order valence-corrected chi connectivity index (χ1v) is 6.91. The van der Waals surface area contributed by atoms with Crippen molar-refractivity contribution >= 4 is 0 Å². The van der Waals surface area contributed by atoms with Crippen molar-refractivity contribution in [2.75, 3.05) is 20.1 Å². The first-order valence-electron chi connectivity index (χ1n) is 6.91. The van der Waals surface area contributed by atoms with Gasteiger partial charge in [0.15, 0.2) is 0 Å². The summed E-state index contributed by atoms with van der Waals surface area (Å²) in [5.74, 6) is 1.71. The number of nitrogens with two attached hydrogens (primary N) is 1. The molecule has 0 heterocycles. The van der Waals surface area contributed by atoms with Crippen LogP contribution >= 0.6 is 0 Å². The summed E-state index contributed by atoms with van der Waals surface area (Å²) in [4.78, 5) is 2.54. The molecule has 1 aliphatic carbocycles. The van der Waals surface area contributed by atoms with Crippen LogP contribution in [0.1, 0.15) is 52.9 Å². The Morgan fingerprint density at radius 1 is 1.12 bits per heavy atom. The fraction of sp³-hybridized carbons (Fsp3) is 1.00. The maximum absolute atomic E-state index is 5.73. The highest BCUT2D eigenvalue weighted by atomic mass is 15.2. The van der Waals surface area contributed by atoms with Gasteiger partial charge in [0, 0.05) is 12.1 Å². The van der Waals surface area contributed by atoms with Gasteiger partial charge in [0.2, 0.25) is 0 Å². The van der Waals surface area contributed by atoms with Gasteiger partial charge in [0.25, 0.3) is 0 Å². The minimum Gasteiger partial charge on any atom is -0.330 e. The highest BCUT2D eigenvalue weighted by Crippen LogP contribution is 2.30. The maximum atomic E-state index is 5.73. The van der Waals surface area contributed by atoms with E-state index in [1.54, 1.807) is 0 Å². The van der Waals surface area contributed by atoms with E-state index in [2.05, 4.69) is 32.7 Å². The number of hydrogen-bond donors (Lipinski definition) is 1. The molecule has 0 amide bonds. The first kappa shape index (κ1) is 14.0. The van der Waals surface area contributed by atoms with Crippen molar-refractivity contribution in [3.63, 3.8) is 0 Å². The third-order valence-corrected chi connectivity index (χ3v) is 4.73. The average molecular weight is 226 g/mol. The van der Waals surface area contributed by atoms with Crippen molar-refractivity contribution in [3.8, 4) is 0 Å². The lowest BCUT2D eigenvalue weighted by atomic mass is 9.81. The van der Waals surface area contributed by atoms with Gasteiger partial charge < -0.3 is 10.6 Å². The second-order valence-corrected chi connectivity index (χ2v) is 6.17. The molecule has 1 rings (SSSR count). The highest BCUT2D eigenvalue weighted by Gasteiger charge is 2.26. The van der Waals surface area contributed by atoms with Crippen LogP contribution in [0.4, 0.5) is 0 Å². The first-order chi connectivity index (χ1) is 7.49. The van der Waals surface area contributed by atoms with Crippen LogP contribution in [0.5, 0.6) is 0 Å². The molecule has 0 atom stereocenters. The molecule has 2 N–H and O–H groups in total. The fourth-order valence-corrected chi connectivity index (χ4v) is 2.55. The van der Waals surface area contributed by atoms with E-state index in [-0.39, 0.29) is 0 Å². The zero-order valence-corrected chi connectivity index (χ0v) is 11.6. The van der Waals surface area contributed by atoms with E-state index < -0.39 is 0 Å². The molecular formula is C14H30N2. The zero-order valence-electron chi connectivity index (χ0n) is 11.6. The molecule has 0 unspecified atom stereocenters. The van der Waals surface area contributed by atoms with Crippen molar-refractivity contribution in [1.29, 1.82) is 0 Å². The molecule has 0 saturated heterocycles. The Bertz CT molecular complexity index is 193. The highest BCUT2D eigenvalue weighted by molar-refractivity contribution is 4.81. The predicted molar refractivity (Wildman–Crippen MR) is 71.5 cm³/mol. The van der Waals surface area contributed by atoms with Gasteiger partial charge in [-0.1, -0.05) is 6.92 Å². The van der Waals surface area contributed by atoms with Gasteiger partial charge in [-0.05, 0) is 71.4 Å². The van der Waals surface area contributed by atoms with Crippen LogP contribution in [-0.4, -0.2) is 30.6 Å². The van der Waals surface area contributed by atoms with Crippen LogP contribution in [-0.2, 0) is 0 Å². The lowest BCUT2D eigenvalue weighted by molar-refractivity contribution is 0.109. The van der Waals surface area contributed by atoms with Gasteiger partial charge in [-0.15, -0.1) is 0 Å². The minimum atomic E-state index is 0.352. The van der Waals surface area contributed by atoms with E-state index >= 15 is 0 Å². The van der Waals surface area contributed by atoms with Gasteiger partial charge in [-0.2, -0.15) is 0 Å². The van der Waals surface area contributed by atoms with Gasteiger partial charge in [0.1, 0.15) is 0 Å². The molecule has 0 aromatic rings. The monoisotopic (exact) mass is 226 g/mol. The van der Waals surface area contributed by atoms with E-state index in [0.29, 0.717) is 5.54 Å². The van der Waals surface area contributed by atoms with E-state index in [0.717, 1.165) is 18.4 Å². The molecular weight excluding hydrogens is 196 g/mol. The van der Waals surface area contributed by atoms with Gasteiger partial charge in [-0.3, -0.25) is 0 Å². The van der Waals surface area contributed by atoms with Crippen molar-refractivity contribution in [3.05, 3.63) is 0 Å². The molecule has 0 aromatic carbocycles. The molecule has 1 saturated carbocycles. The minimum absolute atomic E-state index is 0.352. The fourth-order valence-electron chi connectivity index (χ4n) is 2.55. The summed E-state index contributed by atoms with van der Waals surface area (Å²) in [5, 5.41) is 0. The van der Waals surface area contributed by atoms with Crippen LogP contribution in [0, 0.1) is 11.8 Å². The molecule has 1 aliphatic rings. The number of rotatable bonds is 5. The topological polar surface area (TPSA) is 29.3 Å². The van der Waals surface area contributed by atoms with E-state index in [4.69, 9.17) is 5.73 Å². The van der Waals surface area contributed by atoms with Crippen LogP contribution in [0.25, 0.3) is 0 Å². The summed E-state index contributed by atoms with van der Waals surface area (Å²) in [5.41, 5.74) is 6.08. The number of hydrogen-bond acceptors (Lipinski definition) is 2. The molecule has 0 bridgehead atoms. The molecule has 96 valence electrons. The van der Waals surface area contributed by atoms with Gasteiger partial charge in [-0.25, -0.2) is 0 Å². The average Bonchev–Trinajstić information content (AvgIpc) is 2.30. The molecule has 16 heavy (non-hydrogen) atoms. The summed E-state index contributed by atoms with van der Waals surface area (Å²) in [6.45, 7) is 9.12. The standard InChI is InChI=1S/C14H30N2/c1-5-14(2,3)16(4)11-13-8-6-12(10-15)7-9-13/h12-13H,5-11,15H2,1-4H3. The van der Waals surface area contributed by atoms with Crippen LogP contribution in [0.3, 0.4) is 0 Å². The van der Waals surface area contributed by atoms with Crippen molar-refractivity contribution < 1.29 is 0 Å². The summed E-state index contributed by atoms with van der Waals surface area (Å²) in [6, 6.07) is 0. The third-order valence-electron chi connectivity index (χ3n) is 4.73. The molecule has 0 spiro atoms. The Hall–Kier alpha value is -0.0800. The molecule has 0 radical (unpaired) electrons. The van der Waals surface area contributed by atoms with Crippen molar-refractivity contribution in [1.82, 2.24) is 4.90 Å². The second kappa shape index (κ2) is 6.02. The normalized spacial score (nSPS) is 27.4. The van der Waals surface area contributed by atoms with Crippen molar-refractivity contribution in [2.45, 2.75) is 58.4 Å². The largest absolute Gasteiger partial charge is 0.330 e. The second-order valence-electron chi connectivity index (χ2n) is 6.17. The van der Waals surface area contributed by atoms with Crippen LogP contribution in [0.2, 0.25) is 0 Å². The van der Waals surface area contributed by atoms with Gasteiger partial charge in [0.05, 0.1) is 0 Å². The molecule has 0 aliphatic heterocycles. The summed E-state index contributed by atoms with van der Waals surface area (Å²) in [7, 11) is 2.28. The Kier molecular flexibility index (Phi) is 5.26. The summed E-state index contributed by atoms with van der Waals surface area (Å²) in [6.07, 6.45) is 6.68. The van der Waals surface area contributed by atoms with E-state index in [1.807, 2.05) is 0 Å². The quantitative estimate of drug-likeness (QED) is 0.781. The zero-order chi connectivity index (χ0) is 12.2. The SMILES string of the molecule is CCC(C)(C)N(C)CC1CCC(CN)CC1. The van der Waals surface area contributed by atoms with Gasteiger partial charge >= 0.3 is 0 Å². The van der Waals surface area contributed by atoms with Crippen LogP contribution in [0.15, 0.2) is 0 Å². The van der Waals surface area contributed by atoms with Crippen molar-refractivity contribution in [2.24, 2.45) is 17.6 Å². The lowest BCUT2D eigenvalue weighted by Gasteiger charge is -2.39. The maximum Gasteiger partial charge on any atom is 0.0147 e. The smallest absolute Gasteiger partial charge is 0.0147 e. The predicted octanol–water partition coefficient (Wildman–Crippen LogP) is 2.87. The molecule has 1 fully saturated rings. The number of nitrogens with zero attached hydrogens (tertiary/aromatic N) is 1. The lowest BCUT2D eigenvalue weighted by Crippen LogP contribution is -2.43.